The van der Waals surface area contributed by atoms with Crippen molar-refractivity contribution in [1.82, 2.24) is 19.8 Å². The molecule has 2 aromatic rings. The summed E-state index contributed by atoms with van der Waals surface area (Å²) in [6.07, 6.45) is 4.05. The molecule has 158 valence electrons. The van der Waals surface area contributed by atoms with E-state index >= 15 is 0 Å². The van der Waals surface area contributed by atoms with Crippen molar-refractivity contribution in [3.63, 3.8) is 0 Å². The maximum absolute atomic E-state index is 12.4. The summed E-state index contributed by atoms with van der Waals surface area (Å²) in [7, 11) is 2.17. The summed E-state index contributed by atoms with van der Waals surface area (Å²) >= 11 is 0. The van der Waals surface area contributed by atoms with Crippen LogP contribution in [0.4, 0.5) is 0 Å². The largest absolute Gasteiger partial charge is 0.493 e. The predicted molar refractivity (Wildman–Crippen MR) is 111 cm³/mol. The van der Waals surface area contributed by atoms with E-state index in [1.54, 1.807) is 0 Å². The van der Waals surface area contributed by atoms with Crippen LogP contribution in [0.3, 0.4) is 0 Å². The van der Waals surface area contributed by atoms with Crippen molar-refractivity contribution in [2.45, 2.75) is 25.4 Å². The zero-order chi connectivity index (χ0) is 20.1. The maximum Gasteiger partial charge on any atom is 0.262 e. The molecule has 0 amide bonds. The van der Waals surface area contributed by atoms with E-state index in [2.05, 4.69) is 26.8 Å². The highest BCUT2D eigenvalue weighted by Gasteiger charge is 2.19. The number of hydrogen-bond donors (Lipinski definition) is 1. The lowest BCUT2D eigenvalue weighted by Gasteiger charge is -2.32. The molecular formula is C21H30N4O4. The number of fused-ring (bicyclic) bond motifs is 1. The Morgan fingerprint density at radius 3 is 2.79 bits per heavy atom. The van der Waals surface area contributed by atoms with Crippen LogP contribution in [0.5, 0.6) is 11.5 Å². The molecule has 1 aromatic carbocycles. The molecule has 2 saturated heterocycles. The molecule has 0 bridgehead atoms. The Balaban J connectivity index is 1.41. The van der Waals surface area contributed by atoms with Crippen molar-refractivity contribution in [1.29, 1.82) is 0 Å². The third-order valence-corrected chi connectivity index (χ3v) is 5.63. The van der Waals surface area contributed by atoms with Gasteiger partial charge in [-0.2, -0.15) is 0 Å². The van der Waals surface area contributed by atoms with Gasteiger partial charge >= 0.3 is 0 Å². The second-order valence-electron chi connectivity index (χ2n) is 7.82. The summed E-state index contributed by atoms with van der Waals surface area (Å²) in [5.41, 5.74) is 0.394. The molecule has 3 heterocycles. The summed E-state index contributed by atoms with van der Waals surface area (Å²) < 4.78 is 17.6. The minimum absolute atomic E-state index is 0.0408. The van der Waals surface area contributed by atoms with Crippen LogP contribution < -0.4 is 15.0 Å². The van der Waals surface area contributed by atoms with Crippen LogP contribution in [0.25, 0.3) is 10.9 Å². The van der Waals surface area contributed by atoms with Gasteiger partial charge in [0.15, 0.2) is 0 Å². The standard InChI is InChI=1S/C21H30N4O4/c1-24-6-8-25(9-7-24)5-2-10-28-17-13-18-20(21(26)23-15-22-18)19(14-17)29-16-3-11-27-12-4-16/h13-16H,2-12H2,1H3,(H,22,23,26). The summed E-state index contributed by atoms with van der Waals surface area (Å²) in [4.78, 5) is 24.1. The van der Waals surface area contributed by atoms with Gasteiger partial charge in [-0.05, 0) is 13.5 Å². The van der Waals surface area contributed by atoms with Gasteiger partial charge in [-0.15, -0.1) is 0 Å². The van der Waals surface area contributed by atoms with Crippen LogP contribution in [-0.2, 0) is 4.74 Å². The number of ether oxygens (including phenoxy) is 3. The second kappa shape index (κ2) is 9.56. The molecular weight excluding hydrogens is 372 g/mol. The number of H-pyrrole nitrogens is 1. The number of piperazine rings is 1. The van der Waals surface area contributed by atoms with Crippen LogP contribution in [0.2, 0.25) is 0 Å². The molecule has 2 aliphatic rings. The van der Waals surface area contributed by atoms with Gasteiger partial charge in [0.1, 0.15) is 23.0 Å². The first kappa shape index (κ1) is 20.1. The number of hydrogen-bond acceptors (Lipinski definition) is 7. The van der Waals surface area contributed by atoms with Crippen molar-refractivity contribution >= 4 is 10.9 Å². The molecule has 0 aliphatic carbocycles. The molecule has 2 fully saturated rings. The topological polar surface area (TPSA) is 79.9 Å². The van der Waals surface area contributed by atoms with E-state index in [9.17, 15) is 4.79 Å². The molecule has 8 heteroatoms. The number of aromatic nitrogens is 2. The van der Waals surface area contributed by atoms with Crippen LogP contribution in [-0.4, -0.2) is 85.5 Å². The Morgan fingerprint density at radius 2 is 2.00 bits per heavy atom. The van der Waals surface area contributed by atoms with Crippen molar-refractivity contribution < 1.29 is 14.2 Å². The van der Waals surface area contributed by atoms with Crippen LogP contribution >= 0.6 is 0 Å². The number of nitrogens with one attached hydrogen (secondary N) is 1. The van der Waals surface area contributed by atoms with E-state index < -0.39 is 0 Å². The van der Waals surface area contributed by atoms with Gasteiger partial charge in [-0.3, -0.25) is 4.79 Å². The minimum atomic E-state index is -0.196. The van der Waals surface area contributed by atoms with E-state index in [0.29, 0.717) is 42.2 Å². The summed E-state index contributed by atoms with van der Waals surface area (Å²) in [6, 6.07) is 3.64. The molecule has 29 heavy (non-hydrogen) atoms. The van der Waals surface area contributed by atoms with Gasteiger partial charge < -0.3 is 29.0 Å². The Kier molecular flexibility index (Phi) is 6.63. The molecule has 4 rings (SSSR count). The fourth-order valence-corrected chi connectivity index (χ4v) is 3.84. The SMILES string of the molecule is CN1CCN(CCCOc2cc(OC3CCOCC3)c3c(=O)[nH]cnc3c2)CC1. The van der Waals surface area contributed by atoms with Crippen LogP contribution in [0.15, 0.2) is 23.3 Å². The zero-order valence-corrected chi connectivity index (χ0v) is 17.1. The number of rotatable bonds is 7. The van der Waals surface area contributed by atoms with E-state index in [1.165, 1.54) is 6.33 Å². The third kappa shape index (κ3) is 5.26. The Hall–Kier alpha value is -2.16. The Bertz CT molecular complexity index is 857. The average molecular weight is 402 g/mol. The van der Waals surface area contributed by atoms with Crippen molar-refractivity contribution in [3.05, 3.63) is 28.8 Å². The highest BCUT2D eigenvalue weighted by Crippen LogP contribution is 2.30. The highest BCUT2D eigenvalue weighted by atomic mass is 16.5. The van der Waals surface area contributed by atoms with E-state index in [4.69, 9.17) is 14.2 Å². The summed E-state index contributed by atoms with van der Waals surface area (Å²) in [6.45, 7) is 7.49. The Morgan fingerprint density at radius 1 is 1.21 bits per heavy atom. The van der Waals surface area contributed by atoms with Gasteiger partial charge in [-0.1, -0.05) is 0 Å². The van der Waals surface area contributed by atoms with Gasteiger partial charge in [0.05, 0.1) is 31.7 Å². The minimum Gasteiger partial charge on any atom is -0.493 e. The van der Waals surface area contributed by atoms with Crippen LogP contribution in [0.1, 0.15) is 19.3 Å². The van der Waals surface area contributed by atoms with Gasteiger partial charge in [0.25, 0.3) is 5.56 Å². The molecule has 8 nitrogen and oxygen atoms in total. The smallest absolute Gasteiger partial charge is 0.262 e. The molecule has 1 N–H and O–H groups in total. The summed E-state index contributed by atoms with van der Waals surface area (Å²) in [5, 5.41) is 0.476. The number of benzene rings is 1. The third-order valence-electron chi connectivity index (χ3n) is 5.63. The van der Waals surface area contributed by atoms with E-state index in [0.717, 1.165) is 52.0 Å². The molecule has 0 atom stereocenters. The molecule has 0 saturated carbocycles. The molecule has 0 unspecified atom stereocenters. The first-order valence-corrected chi connectivity index (χ1v) is 10.5. The molecule has 0 spiro atoms. The Labute approximate surface area is 170 Å². The van der Waals surface area contributed by atoms with Gasteiger partial charge in [0, 0.05) is 57.7 Å². The number of nitrogens with zero attached hydrogens (tertiary/aromatic N) is 3. The van der Waals surface area contributed by atoms with Gasteiger partial charge in [-0.25, -0.2) is 4.98 Å². The highest BCUT2D eigenvalue weighted by molar-refractivity contribution is 5.85. The van der Waals surface area contributed by atoms with E-state index in [-0.39, 0.29) is 11.7 Å². The van der Waals surface area contributed by atoms with Crippen LogP contribution in [0, 0.1) is 0 Å². The molecule has 0 radical (unpaired) electrons. The first-order chi connectivity index (χ1) is 14.2. The predicted octanol–water partition coefficient (Wildman–Crippen LogP) is 1.50. The lowest BCUT2D eigenvalue weighted by atomic mass is 10.1. The lowest BCUT2D eigenvalue weighted by molar-refractivity contribution is 0.0261. The number of aromatic amines is 1. The van der Waals surface area contributed by atoms with Crippen molar-refractivity contribution in [2.24, 2.45) is 0 Å². The second-order valence-corrected chi connectivity index (χ2v) is 7.82. The fourth-order valence-electron chi connectivity index (χ4n) is 3.84. The number of likely N-dealkylation sites (N-methyl/N-ethyl adjacent to an activating group) is 1. The fraction of sp³-hybridized carbons (Fsp3) is 0.619. The van der Waals surface area contributed by atoms with Crippen molar-refractivity contribution in [3.8, 4) is 11.5 Å². The van der Waals surface area contributed by atoms with Gasteiger partial charge in [0.2, 0.25) is 0 Å². The zero-order valence-electron chi connectivity index (χ0n) is 17.1. The molecule has 2 aliphatic heterocycles. The lowest BCUT2D eigenvalue weighted by Crippen LogP contribution is -2.44. The normalized spacial score (nSPS) is 19.5. The maximum atomic E-state index is 12.4. The monoisotopic (exact) mass is 402 g/mol. The first-order valence-electron chi connectivity index (χ1n) is 10.5. The van der Waals surface area contributed by atoms with Crippen molar-refractivity contribution in [2.75, 3.05) is 59.6 Å². The average Bonchev–Trinajstić information content (AvgIpc) is 2.73. The quantitative estimate of drug-likeness (QED) is 0.703. The summed E-state index contributed by atoms with van der Waals surface area (Å²) in [5.74, 6) is 1.23. The molecule has 1 aromatic heterocycles. The van der Waals surface area contributed by atoms with E-state index in [1.807, 2.05) is 12.1 Å².